The van der Waals surface area contributed by atoms with Gasteiger partial charge < -0.3 is 34.8 Å². The molecule has 1 aliphatic heterocycles. The van der Waals surface area contributed by atoms with Crippen LogP contribution in [0.4, 0.5) is 0 Å². The number of carbonyl (C=O) groups excluding carboxylic acids is 2. The van der Waals surface area contributed by atoms with E-state index < -0.39 is 53.4 Å². The Morgan fingerprint density at radius 1 is 1.48 bits per heavy atom. The molecule has 4 N–H and O–H groups in total. The van der Waals surface area contributed by atoms with Gasteiger partial charge in [0.25, 0.3) is 0 Å². The average Bonchev–Trinajstić information content (AvgIpc) is 3.03. The van der Waals surface area contributed by atoms with Crippen molar-refractivity contribution < 1.29 is 39.1 Å². The molecule has 1 fully saturated rings. The number of aliphatic hydroxyl groups is 3. The van der Waals surface area contributed by atoms with E-state index in [1.54, 1.807) is 13.8 Å². The van der Waals surface area contributed by atoms with Gasteiger partial charge in [0.1, 0.15) is 17.8 Å². The minimum Gasteiger partial charge on any atom is -0.478 e. The maximum absolute atomic E-state index is 12.0. The fourth-order valence-corrected chi connectivity index (χ4v) is 3.45. The normalized spacial score (nSPS) is 35.3. The molecule has 2 rings (SSSR count). The second-order valence-corrected chi connectivity index (χ2v) is 7.31. The third-order valence-electron chi connectivity index (χ3n) is 5.26. The lowest BCUT2D eigenvalue weighted by molar-refractivity contribution is -0.158. The van der Waals surface area contributed by atoms with E-state index in [0.717, 1.165) is 0 Å². The zero-order chi connectivity index (χ0) is 20.6. The molecule has 1 heterocycles. The Balaban J connectivity index is 2.41. The van der Waals surface area contributed by atoms with Crippen molar-refractivity contribution in [3.8, 4) is 0 Å². The zero-order valence-corrected chi connectivity index (χ0v) is 15.8. The lowest BCUT2D eigenvalue weighted by Gasteiger charge is -2.40. The molecule has 0 aromatic rings. The number of hydrogen-bond donors (Lipinski definition) is 4. The first-order valence-corrected chi connectivity index (χ1v) is 8.57. The summed E-state index contributed by atoms with van der Waals surface area (Å²) in [5.74, 6) is -1.46. The molecule has 1 unspecified atom stereocenters. The maximum Gasteiger partial charge on any atom is 0.373 e. The molecule has 152 valence electrons. The number of ether oxygens (including phenoxy) is 3. The van der Waals surface area contributed by atoms with Crippen molar-refractivity contribution >= 4 is 11.9 Å². The van der Waals surface area contributed by atoms with Crippen LogP contribution in [0.2, 0.25) is 0 Å². The molecule has 0 saturated heterocycles. The molecule has 0 spiro atoms. The minimum atomic E-state index is -1.88. The van der Waals surface area contributed by atoms with E-state index in [1.165, 1.54) is 26.2 Å². The quantitative estimate of drug-likeness (QED) is 0.324. The van der Waals surface area contributed by atoms with Gasteiger partial charge in [0.2, 0.25) is 11.7 Å². The van der Waals surface area contributed by atoms with Gasteiger partial charge in [0.05, 0.1) is 25.9 Å². The number of hydrogen-bond acceptors (Lipinski definition) is 8. The van der Waals surface area contributed by atoms with Gasteiger partial charge in [-0.2, -0.15) is 0 Å². The smallest absolute Gasteiger partial charge is 0.373 e. The Bertz CT molecular complexity index is 645. The van der Waals surface area contributed by atoms with Crippen LogP contribution in [0, 0.1) is 5.41 Å². The Morgan fingerprint density at radius 3 is 2.52 bits per heavy atom. The van der Waals surface area contributed by atoms with Crippen molar-refractivity contribution in [1.29, 1.82) is 0 Å². The molecule has 1 amide bonds. The van der Waals surface area contributed by atoms with Crippen molar-refractivity contribution in [3.05, 3.63) is 24.5 Å². The van der Waals surface area contributed by atoms with Crippen molar-refractivity contribution in [2.45, 2.75) is 56.8 Å². The number of aliphatic hydroxyl groups excluding tert-OH is 2. The van der Waals surface area contributed by atoms with Crippen LogP contribution >= 0.6 is 0 Å². The lowest BCUT2D eigenvalue weighted by Crippen LogP contribution is -2.61. The molecule has 1 aliphatic carbocycles. The monoisotopic (exact) mass is 385 g/mol. The highest BCUT2D eigenvalue weighted by molar-refractivity contribution is 5.86. The van der Waals surface area contributed by atoms with Crippen LogP contribution in [-0.2, 0) is 23.8 Å². The second-order valence-electron chi connectivity index (χ2n) is 7.31. The largest absolute Gasteiger partial charge is 0.478 e. The number of carbonyl (C=O) groups is 2. The van der Waals surface area contributed by atoms with Gasteiger partial charge in [-0.05, 0) is 6.08 Å². The fourth-order valence-electron chi connectivity index (χ4n) is 3.45. The fraction of sp³-hybridized carbons (Fsp3) is 0.667. The number of nitrogens with one attached hydrogen (secondary N) is 1. The van der Waals surface area contributed by atoms with Crippen LogP contribution in [0.25, 0.3) is 0 Å². The summed E-state index contributed by atoms with van der Waals surface area (Å²) in [5.41, 5.74) is -2.88. The van der Waals surface area contributed by atoms with Gasteiger partial charge in [-0.15, -0.1) is 6.58 Å². The molecule has 9 heteroatoms. The Labute approximate surface area is 157 Å². The van der Waals surface area contributed by atoms with Crippen molar-refractivity contribution in [2.24, 2.45) is 5.41 Å². The molecule has 1 saturated carbocycles. The van der Waals surface area contributed by atoms with E-state index in [2.05, 4.69) is 16.6 Å². The summed E-state index contributed by atoms with van der Waals surface area (Å²) >= 11 is 0. The van der Waals surface area contributed by atoms with Crippen LogP contribution in [0.15, 0.2) is 24.5 Å². The van der Waals surface area contributed by atoms with E-state index in [-0.39, 0.29) is 12.4 Å². The van der Waals surface area contributed by atoms with Crippen molar-refractivity contribution in [1.82, 2.24) is 5.32 Å². The average molecular weight is 385 g/mol. The highest BCUT2D eigenvalue weighted by Gasteiger charge is 2.76. The summed E-state index contributed by atoms with van der Waals surface area (Å²) < 4.78 is 15.8. The first-order valence-electron chi connectivity index (χ1n) is 8.57. The highest BCUT2D eigenvalue weighted by atomic mass is 16.6. The first kappa shape index (κ1) is 21.4. The highest BCUT2D eigenvalue weighted by Crippen LogP contribution is 2.58. The Morgan fingerprint density at radius 2 is 2.07 bits per heavy atom. The van der Waals surface area contributed by atoms with Gasteiger partial charge in [-0.3, -0.25) is 4.79 Å². The van der Waals surface area contributed by atoms with Crippen LogP contribution in [0.3, 0.4) is 0 Å². The van der Waals surface area contributed by atoms with E-state index in [9.17, 15) is 24.9 Å². The standard InChI is InChI=1S/C18H27NO8/c1-6-7-26-10-8-11(15(22)25-5)27-13(12(10)19-9(2)20)14(21)18(24)16(23)17(18,3)4/h6,8,10,12-14,16,21,23-24H,1,7H2,2-5H3,(H,19,20)/t10-,12+,13+,14-,16?,18-/m0/s1. The molecule has 2 aliphatic rings. The molecule has 27 heavy (non-hydrogen) atoms. The topological polar surface area (TPSA) is 135 Å². The third-order valence-corrected chi connectivity index (χ3v) is 5.26. The van der Waals surface area contributed by atoms with Gasteiger partial charge in [-0.1, -0.05) is 19.9 Å². The van der Waals surface area contributed by atoms with Crippen molar-refractivity contribution in [3.63, 3.8) is 0 Å². The summed E-state index contributed by atoms with van der Waals surface area (Å²) in [6.45, 7) is 8.10. The van der Waals surface area contributed by atoms with Gasteiger partial charge in [0, 0.05) is 12.3 Å². The van der Waals surface area contributed by atoms with E-state index in [0.29, 0.717) is 0 Å². The van der Waals surface area contributed by atoms with Crippen LogP contribution < -0.4 is 5.32 Å². The molecule has 0 aromatic carbocycles. The van der Waals surface area contributed by atoms with Gasteiger partial charge >= 0.3 is 5.97 Å². The minimum absolute atomic E-state index is 0.104. The van der Waals surface area contributed by atoms with Crippen molar-refractivity contribution in [2.75, 3.05) is 13.7 Å². The number of rotatable bonds is 7. The summed E-state index contributed by atoms with van der Waals surface area (Å²) in [6, 6.07) is -0.932. The summed E-state index contributed by atoms with van der Waals surface area (Å²) in [5, 5.41) is 34.3. The van der Waals surface area contributed by atoms with Gasteiger partial charge in [0.15, 0.2) is 6.10 Å². The number of methoxy groups -OCH3 is 1. The SMILES string of the molecule is C=CCO[C@H]1C=C(C(=O)OC)O[C@@H]([C@H](O)[C@]2(O)C(O)C2(C)C)[C@@H]1NC(C)=O. The first-order chi connectivity index (χ1) is 12.5. The number of amides is 1. The Kier molecular flexibility index (Phi) is 6.00. The summed E-state index contributed by atoms with van der Waals surface area (Å²) in [6.07, 6.45) is -2.15. The summed E-state index contributed by atoms with van der Waals surface area (Å²) in [4.78, 5) is 23.6. The molecular formula is C18H27NO8. The number of esters is 1. The maximum atomic E-state index is 12.0. The summed E-state index contributed by atoms with van der Waals surface area (Å²) in [7, 11) is 1.17. The van der Waals surface area contributed by atoms with Crippen LogP contribution in [0.5, 0.6) is 0 Å². The lowest BCUT2D eigenvalue weighted by atomic mass is 9.89. The van der Waals surface area contributed by atoms with E-state index in [4.69, 9.17) is 9.47 Å². The zero-order valence-electron chi connectivity index (χ0n) is 15.8. The van der Waals surface area contributed by atoms with Crippen LogP contribution in [-0.4, -0.2) is 77.0 Å². The molecule has 0 radical (unpaired) electrons. The third kappa shape index (κ3) is 3.60. The van der Waals surface area contributed by atoms with E-state index in [1.807, 2.05) is 0 Å². The van der Waals surface area contributed by atoms with E-state index >= 15 is 0 Å². The molecule has 6 atom stereocenters. The molecule has 9 nitrogen and oxygen atoms in total. The molecule has 0 aromatic heterocycles. The predicted octanol–water partition coefficient (Wildman–Crippen LogP) is -0.989. The molecule has 0 bridgehead atoms. The van der Waals surface area contributed by atoms with Gasteiger partial charge in [-0.25, -0.2) is 4.79 Å². The van der Waals surface area contributed by atoms with Crippen LogP contribution in [0.1, 0.15) is 20.8 Å². The molecular weight excluding hydrogens is 358 g/mol. The second kappa shape index (κ2) is 7.59. The Hall–Kier alpha value is -1.94. The predicted molar refractivity (Wildman–Crippen MR) is 93.3 cm³/mol.